The fraction of sp³-hybridized carbons (Fsp3) is 0. The maximum Gasteiger partial charge on any atom is 0.261 e. The van der Waals surface area contributed by atoms with Gasteiger partial charge in [0.15, 0.2) is 0 Å². The van der Waals surface area contributed by atoms with Gasteiger partial charge in [0.25, 0.3) is 11.4 Å². The van der Waals surface area contributed by atoms with Gasteiger partial charge in [0, 0.05) is 5.52 Å². The molecule has 0 atom stereocenters. The molecule has 5 heteroatoms. The van der Waals surface area contributed by atoms with Crippen molar-refractivity contribution in [3.05, 3.63) is 47.1 Å². The second-order valence-corrected chi connectivity index (χ2v) is 3.34. The second-order valence-electron chi connectivity index (χ2n) is 3.34. The van der Waals surface area contributed by atoms with E-state index in [2.05, 4.69) is 15.2 Å². The van der Waals surface area contributed by atoms with Gasteiger partial charge in [0.2, 0.25) is 6.39 Å². The average Bonchev–Trinajstić information content (AvgIpc) is 2.81. The molecule has 0 radical (unpaired) electrons. The average molecular weight is 213 g/mol. The van der Waals surface area contributed by atoms with Crippen molar-refractivity contribution in [2.45, 2.75) is 0 Å². The summed E-state index contributed by atoms with van der Waals surface area (Å²) < 4.78 is 5.01. The molecule has 0 fully saturated rings. The predicted octanol–water partition coefficient (Wildman–Crippen LogP) is 1.58. The van der Waals surface area contributed by atoms with Crippen LogP contribution in [0, 0.1) is 0 Å². The molecule has 0 aliphatic carbocycles. The van der Waals surface area contributed by atoms with E-state index in [4.69, 9.17) is 4.42 Å². The van der Waals surface area contributed by atoms with Gasteiger partial charge in [0.1, 0.15) is 5.56 Å². The number of para-hydroxylation sites is 1. The topological polar surface area (TPSA) is 71.8 Å². The molecule has 5 nitrogen and oxygen atoms in total. The number of nitrogens with one attached hydrogen (secondary N) is 1. The van der Waals surface area contributed by atoms with E-state index in [1.807, 2.05) is 24.3 Å². The molecular formula is C11H7N3O2. The van der Waals surface area contributed by atoms with Gasteiger partial charge in [-0.15, -0.1) is 10.2 Å². The number of H-pyrrole nitrogens is 1. The SMILES string of the molecule is O=c1[nH]c2ccccc2cc1-c1nnco1. The largest absolute Gasteiger partial charge is 0.423 e. The summed E-state index contributed by atoms with van der Waals surface area (Å²) in [5.41, 5.74) is 0.940. The van der Waals surface area contributed by atoms with Gasteiger partial charge in [-0.25, -0.2) is 0 Å². The lowest BCUT2D eigenvalue weighted by atomic mass is 10.1. The summed E-state index contributed by atoms with van der Waals surface area (Å²) in [7, 11) is 0. The molecule has 0 bridgehead atoms. The van der Waals surface area contributed by atoms with Crippen LogP contribution >= 0.6 is 0 Å². The first-order valence-corrected chi connectivity index (χ1v) is 4.73. The molecule has 0 amide bonds. The third-order valence-electron chi connectivity index (χ3n) is 2.34. The smallest absolute Gasteiger partial charge is 0.261 e. The minimum absolute atomic E-state index is 0.229. The maximum absolute atomic E-state index is 11.7. The highest BCUT2D eigenvalue weighted by Crippen LogP contribution is 2.16. The van der Waals surface area contributed by atoms with Crippen LogP contribution in [0.1, 0.15) is 0 Å². The van der Waals surface area contributed by atoms with Crippen molar-refractivity contribution in [1.82, 2.24) is 15.2 Å². The van der Waals surface area contributed by atoms with Crippen LogP contribution in [0.25, 0.3) is 22.4 Å². The Hall–Kier alpha value is -2.43. The van der Waals surface area contributed by atoms with Gasteiger partial charge in [-0.3, -0.25) is 4.79 Å². The Morgan fingerprint density at radius 1 is 1.25 bits per heavy atom. The molecule has 1 aromatic carbocycles. The summed E-state index contributed by atoms with van der Waals surface area (Å²) in [6.45, 7) is 0. The Labute approximate surface area is 89.8 Å². The van der Waals surface area contributed by atoms with Gasteiger partial charge in [-0.1, -0.05) is 18.2 Å². The van der Waals surface area contributed by atoms with Crippen LogP contribution in [0.2, 0.25) is 0 Å². The van der Waals surface area contributed by atoms with Crippen molar-refractivity contribution in [2.24, 2.45) is 0 Å². The lowest BCUT2D eigenvalue weighted by molar-refractivity contribution is 0.568. The summed E-state index contributed by atoms with van der Waals surface area (Å²) in [4.78, 5) is 14.5. The molecule has 16 heavy (non-hydrogen) atoms. The highest BCUT2D eigenvalue weighted by molar-refractivity contribution is 5.81. The van der Waals surface area contributed by atoms with Crippen LogP contribution in [0.3, 0.4) is 0 Å². The van der Waals surface area contributed by atoms with Crippen LogP contribution in [0.4, 0.5) is 0 Å². The summed E-state index contributed by atoms with van der Waals surface area (Å²) >= 11 is 0. The van der Waals surface area contributed by atoms with E-state index in [1.165, 1.54) is 6.39 Å². The number of benzene rings is 1. The van der Waals surface area contributed by atoms with Crippen molar-refractivity contribution < 1.29 is 4.42 Å². The molecule has 2 heterocycles. The summed E-state index contributed by atoms with van der Waals surface area (Å²) in [5.74, 6) is 0.229. The van der Waals surface area contributed by atoms with Crippen molar-refractivity contribution in [2.75, 3.05) is 0 Å². The molecule has 3 aromatic rings. The summed E-state index contributed by atoms with van der Waals surface area (Å²) in [6, 6.07) is 9.25. The molecule has 0 aliphatic heterocycles. The van der Waals surface area contributed by atoms with Crippen molar-refractivity contribution >= 4 is 10.9 Å². The van der Waals surface area contributed by atoms with E-state index in [1.54, 1.807) is 6.07 Å². The number of nitrogens with zero attached hydrogens (tertiary/aromatic N) is 2. The quantitative estimate of drug-likeness (QED) is 0.666. The Bertz CT molecular complexity index is 686. The molecule has 0 aliphatic rings. The first-order valence-electron chi connectivity index (χ1n) is 4.73. The molecule has 0 spiro atoms. The van der Waals surface area contributed by atoms with E-state index in [0.717, 1.165) is 10.9 Å². The normalized spacial score (nSPS) is 10.8. The Balaban J connectivity index is 2.34. The fourth-order valence-corrected chi connectivity index (χ4v) is 1.60. The first kappa shape index (κ1) is 8.84. The zero-order valence-corrected chi connectivity index (χ0v) is 8.18. The lowest BCUT2D eigenvalue weighted by Gasteiger charge is -1.98. The molecule has 0 saturated carbocycles. The van der Waals surface area contributed by atoms with E-state index in [0.29, 0.717) is 5.56 Å². The predicted molar refractivity (Wildman–Crippen MR) is 57.9 cm³/mol. The van der Waals surface area contributed by atoms with Crippen LogP contribution in [0.15, 0.2) is 45.9 Å². The van der Waals surface area contributed by atoms with Gasteiger partial charge in [-0.2, -0.15) is 0 Å². The van der Waals surface area contributed by atoms with Crippen LogP contribution in [0.5, 0.6) is 0 Å². The third kappa shape index (κ3) is 1.30. The van der Waals surface area contributed by atoms with E-state index < -0.39 is 0 Å². The van der Waals surface area contributed by atoms with Gasteiger partial charge in [0.05, 0.1) is 0 Å². The van der Waals surface area contributed by atoms with Crippen LogP contribution in [-0.4, -0.2) is 15.2 Å². The van der Waals surface area contributed by atoms with Gasteiger partial charge >= 0.3 is 0 Å². The highest BCUT2D eigenvalue weighted by Gasteiger charge is 2.09. The van der Waals surface area contributed by atoms with Crippen molar-refractivity contribution in [3.8, 4) is 11.5 Å². The molecule has 1 N–H and O–H groups in total. The minimum Gasteiger partial charge on any atom is -0.423 e. The number of hydrogen-bond donors (Lipinski definition) is 1. The zero-order valence-electron chi connectivity index (χ0n) is 8.18. The third-order valence-corrected chi connectivity index (χ3v) is 2.34. The van der Waals surface area contributed by atoms with Crippen molar-refractivity contribution in [3.63, 3.8) is 0 Å². The van der Waals surface area contributed by atoms with Crippen LogP contribution in [-0.2, 0) is 0 Å². The molecule has 3 rings (SSSR count). The van der Waals surface area contributed by atoms with Gasteiger partial charge < -0.3 is 9.40 Å². The Morgan fingerprint density at radius 3 is 2.94 bits per heavy atom. The Kier molecular flexibility index (Phi) is 1.83. The monoisotopic (exact) mass is 213 g/mol. The van der Waals surface area contributed by atoms with Gasteiger partial charge in [-0.05, 0) is 17.5 Å². The Morgan fingerprint density at radius 2 is 2.12 bits per heavy atom. The summed E-state index contributed by atoms with van der Waals surface area (Å²) in [5, 5.41) is 8.19. The number of aromatic nitrogens is 3. The number of rotatable bonds is 1. The molecule has 2 aromatic heterocycles. The fourth-order valence-electron chi connectivity index (χ4n) is 1.60. The molecular weight excluding hydrogens is 206 g/mol. The molecule has 0 saturated heterocycles. The minimum atomic E-state index is -0.233. The van der Waals surface area contributed by atoms with Crippen LogP contribution < -0.4 is 5.56 Å². The molecule has 78 valence electrons. The highest BCUT2D eigenvalue weighted by atomic mass is 16.4. The number of fused-ring (bicyclic) bond motifs is 1. The number of pyridine rings is 1. The van der Waals surface area contributed by atoms with E-state index in [9.17, 15) is 4.79 Å². The standard InChI is InChI=1S/C11H7N3O2/c15-10-8(11-14-12-6-16-11)5-7-3-1-2-4-9(7)13-10/h1-6H,(H,13,15). The first-order chi connectivity index (χ1) is 7.84. The van der Waals surface area contributed by atoms with E-state index >= 15 is 0 Å². The summed E-state index contributed by atoms with van der Waals surface area (Å²) in [6.07, 6.45) is 1.20. The zero-order chi connectivity index (χ0) is 11.0. The van der Waals surface area contributed by atoms with Crippen molar-refractivity contribution in [1.29, 1.82) is 0 Å². The van der Waals surface area contributed by atoms with E-state index in [-0.39, 0.29) is 11.4 Å². The number of aromatic amines is 1. The number of hydrogen-bond acceptors (Lipinski definition) is 4. The second kappa shape index (κ2) is 3.30. The lowest BCUT2D eigenvalue weighted by Crippen LogP contribution is -2.08. The maximum atomic E-state index is 11.7. The molecule has 0 unspecified atom stereocenters.